The molecule has 1 aliphatic heterocycles. The van der Waals surface area contributed by atoms with E-state index < -0.39 is 0 Å². The van der Waals surface area contributed by atoms with Crippen LogP contribution < -0.4 is 5.32 Å². The van der Waals surface area contributed by atoms with E-state index in [4.69, 9.17) is 4.42 Å². The maximum atomic E-state index is 12.2. The van der Waals surface area contributed by atoms with Gasteiger partial charge in [0.05, 0.1) is 12.7 Å². The molecule has 0 bridgehead atoms. The first-order valence-corrected chi connectivity index (χ1v) is 8.58. The van der Waals surface area contributed by atoms with Crippen LogP contribution in [0.5, 0.6) is 0 Å². The number of benzene rings is 1. The molecule has 1 fully saturated rings. The molecule has 1 N–H and O–H groups in total. The van der Waals surface area contributed by atoms with Crippen LogP contribution in [0.15, 0.2) is 53.1 Å². The molecule has 0 atom stereocenters. The lowest BCUT2D eigenvalue weighted by Crippen LogP contribution is -2.50. The lowest BCUT2D eigenvalue weighted by Gasteiger charge is -2.34. The van der Waals surface area contributed by atoms with Crippen molar-refractivity contribution in [3.63, 3.8) is 0 Å². The Balaban J connectivity index is 1.34. The van der Waals surface area contributed by atoms with Crippen molar-refractivity contribution in [2.75, 3.05) is 39.3 Å². The first-order chi connectivity index (χ1) is 12.2. The van der Waals surface area contributed by atoms with Crippen LogP contribution in [0.3, 0.4) is 0 Å². The third-order valence-electron chi connectivity index (χ3n) is 4.35. The second kappa shape index (κ2) is 8.48. The predicted molar refractivity (Wildman–Crippen MR) is 94.2 cm³/mol. The molecule has 2 aromatic rings. The maximum Gasteiger partial charge on any atom is 0.289 e. The highest BCUT2D eigenvalue weighted by atomic mass is 16.3. The quantitative estimate of drug-likeness (QED) is 0.862. The molecule has 3 rings (SSSR count). The molecule has 0 radical (unpaired) electrons. The normalized spacial score (nSPS) is 15.1. The van der Waals surface area contributed by atoms with E-state index in [1.54, 1.807) is 12.1 Å². The molecule has 1 aromatic carbocycles. The molecular formula is C19H23N3O3. The summed E-state index contributed by atoms with van der Waals surface area (Å²) in [7, 11) is 0. The third-order valence-corrected chi connectivity index (χ3v) is 4.35. The lowest BCUT2D eigenvalue weighted by molar-refractivity contribution is -0.120. The summed E-state index contributed by atoms with van der Waals surface area (Å²) in [6, 6.07) is 13.1. The van der Waals surface area contributed by atoms with E-state index >= 15 is 0 Å². The first kappa shape index (κ1) is 17.2. The van der Waals surface area contributed by atoms with E-state index in [1.807, 2.05) is 35.2 Å². The van der Waals surface area contributed by atoms with Crippen molar-refractivity contribution in [2.45, 2.75) is 6.42 Å². The van der Waals surface area contributed by atoms with Gasteiger partial charge in [-0.3, -0.25) is 14.5 Å². The smallest absolute Gasteiger partial charge is 0.289 e. The van der Waals surface area contributed by atoms with Gasteiger partial charge in [-0.15, -0.1) is 0 Å². The molecule has 1 aromatic heterocycles. The van der Waals surface area contributed by atoms with Gasteiger partial charge in [0.1, 0.15) is 0 Å². The minimum Gasteiger partial charge on any atom is -0.459 e. The molecule has 0 aliphatic carbocycles. The van der Waals surface area contributed by atoms with Gasteiger partial charge in [0.2, 0.25) is 5.91 Å². The van der Waals surface area contributed by atoms with Gasteiger partial charge in [-0.2, -0.15) is 0 Å². The topological polar surface area (TPSA) is 65.8 Å². The summed E-state index contributed by atoms with van der Waals surface area (Å²) in [4.78, 5) is 28.2. The molecule has 132 valence electrons. The Hall–Kier alpha value is -2.60. The van der Waals surface area contributed by atoms with Crippen molar-refractivity contribution in [3.8, 4) is 0 Å². The molecule has 2 amide bonds. The summed E-state index contributed by atoms with van der Waals surface area (Å²) in [5.41, 5.74) is 1.02. The highest BCUT2D eigenvalue weighted by molar-refractivity contribution is 5.91. The van der Waals surface area contributed by atoms with E-state index in [9.17, 15) is 9.59 Å². The minimum atomic E-state index is -0.0548. The number of hydrogen-bond acceptors (Lipinski definition) is 4. The molecule has 6 heteroatoms. The molecule has 25 heavy (non-hydrogen) atoms. The summed E-state index contributed by atoms with van der Waals surface area (Å²) in [5.74, 6) is 0.375. The van der Waals surface area contributed by atoms with Gasteiger partial charge >= 0.3 is 0 Å². The Bertz CT molecular complexity index is 677. The minimum absolute atomic E-state index is 0.0397. The van der Waals surface area contributed by atoms with Gasteiger partial charge in [0.25, 0.3) is 5.91 Å². The van der Waals surface area contributed by atoms with Gasteiger partial charge in [0, 0.05) is 39.3 Å². The third kappa shape index (κ3) is 4.93. The van der Waals surface area contributed by atoms with Crippen LogP contribution >= 0.6 is 0 Å². The van der Waals surface area contributed by atoms with Crippen LogP contribution in [-0.2, 0) is 11.2 Å². The predicted octanol–water partition coefficient (Wildman–Crippen LogP) is 1.40. The monoisotopic (exact) mass is 341 g/mol. The van der Waals surface area contributed by atoms with E-state index in [2.05, 4.69) is 10.2 Å². The fraction of sp³-hybridized carbons (Fsp3) is 0.368. The molecule has 0 spiro atoms. The fourth-order valence-corrected chi connectivity index (χ4v) is 2.93. The Kier molecular flexibility index (Phi) is 5.85. The van der Waals surface area contributed by atoms with Crippen LogP contribution in [0.2, 0.25) is 0 Å². The SMILES string of the molecule is O=C(Cc1ccccc1)NCCN1CCN(C(=O)c2ccco2)CC1. The van der Waals surface area contributed by atoms with Crippen molar-refractivity contribution in [1.82, 2.24) is 15.1 Å². The zero-order chi connectivity index (χ0) is 17.5. The van der Waals surface area contributed by atoms with Crippen LogP contribution in [0.4, 0.5) is 0 Å². The summed E-state index contributed by atoms with van der Waals surface area (Å²) in [6.45, 7) is 4.39. The van der Waals surface area contributed by atoms with Crippen LogP contribution in [0.25, 0.3) is 0 Å². The van der Waals surface area contributed by atoms with Crippen molar-refractivity contribution in [3.05, 3.63) is 60.1 Å². The second-order valence-electron chi connectivity index (χ2n) is 6.12. The Labute approximate surface area is 147 Å². The lowest BCUT2D eigenvalue weighted by atomic mass is 10.1. The highest BCUT2D eigenvalue weighted by Gasteiger charge is 2.23. The Morgan fingerprint density at radius 1 is 1.00 bits per heavy atom. The number of nitrogens with one attached hydrogen (secondary N) is 1. The zero-order valence-corrected chi connectivity index (χ0v) is 14.2. The Morgan fingerprint density at radius 3 is 2.44 bits per heavy atom. The molecule has 0 saturated carbocycles. The number of carbonyl (C=O) groups is 2. The summed E-state index contributed by atoms with van der Waals surface area (Å²) >= 11 is 0. The van der Waals surface area contributed by atoms with Crippen molar-refractivity contribution >= 4 is 11.8 Å². The summed E-state index contributed by atoms with van der Waals surface area (Å²) < 4.78 is 5.16. The van der Waals surface area contributed by atoms with Gasteiger partial charge in [-0.1, -0.05) is 30.3 Å². The number of rotatable bonds is 6. The van der Waals surface area contributed by atoms with Crippen molar-refractivity contribution in [2.24, 2.45) is 0 Å². The Morgan fingerprint density at radius 2 is 1.76 bits per heavy atom. The number of nitrogens with zero attached hydrogens (tertiary/aromatic N) is 2. The maximum absolute atomic E-state index is 12.2. The fourth-order valence-electron chi connectivity index (χ4n) is 2.93. The molecule has 6 nitrogen and oxygen atoms in total. The molecule has 0 unspecified atom stereocenters. The molecule has 2 heterocycles. The average Bonchev–Trinajstić information content (AvgIpc) is 3.17. The number of furan rings is 1. The number of amides is 2. The zero-order valence-electron chi connectivity index (χ0n) is 14.2. The number of piperazine rings is 1. The van der Waals surface area contributed by atoms with E-state index in [-0.39, 0.29) is 11.8 Å². The van der Waals surface area contributed by atoms with Crippen LogP contribution in [0, 0.1) is 0 Å². The number of carbonyl (C=O) groups excluding carboxylic acids is 2. The molecule has 1 aliphatic rings. The van der Waals surface area contributed by atoms with Gasteiger partial charge < -0.3 is 14.6 Å². The van der Waals surface area contributed by atoms with Crippen LogP contribution in [-0.4, -0.2) is 60.9 Å². The van der Waals surface area contributed by atoms with Crippen molar-refractivity contribution in [1.29, 1.82) is 0 Å². The number of hydrogen-bond donors (Lipinski definition) is 1. The average molecular weight is 341 g/mol. The van der Waals surface area contributed by atoms with Gasteiger partial charge in [-0.05, 0) is 17.7 Å². The van der Waals surface area contributed by atoms with Gasteiger partial charge in [-0.25, -0.2) is 0 Å². The molecule has 1 saturated heterocycles. The molecular weight excluding hydrogens is 318 g/mol. The largest absolute Gasteiger partial charge is 0.459 e. The van der Waals surface area contributed by atoms with Crippen LogP contribution in [0.1, 0.15) is 16.1 Å². The van der Waals surface area contributed by atoms with Gasteiger partial charge in [0.15, 0.2) is 5.76 Å². The van der Waals surface area contributed by atoms with E-state index in [0.29, 0.717) is 31.8 Å². The standard InChI is InChI=1S/C19H23N3O3/c23-18(15-16-5-2-1-3-6-16)20-8-9-21-10-12-22(13-11-21)19(24)17-7-4-14-25-17/h1-7,14H,8-13,15H2,(H,20,23). The summed E-state index contributed by atoms with van der Waals surface area (Å²) in [5, 5.41) is 2.96. The highest BCUT2D eigenvalue weighted by Crippen LogP contribution is 2.09. The summed E-state index contributed by atoms with van der Waals surface area (Å²) in [6.07, 6.45) is 1.92. The van der Waals surface area contributed by atoms with Crippen molar-refractivity contribution < 1.29 is 14.0 Å². The van der Waals surface area contributed by atoms with E-state index in [0.717, 1.165) is 25.2 Å². The van der Waals surface area contributed by atoms with E-state index in [1.165, 1.54) is 6.26 Å². The first-order valence-electron chi connectivity index (χ1n) is 8.58. The second-order valence-corrected chi connectivity index (χ2v) is 6.12.